The lowest BCUT2D eigenvalue weighted by molar-refractivity contribution is -0.116. The van der Waals surface area contributed by atoms with Crippen molar-refractivity contribution in [2.45, 2.75) is 0 Å². The van der Waals surface area contributed by atoms with Crippen LogP contribution in [0.2, 0.25) is 0 Å². The third-order valence-electron chi connectivity index (χ3n) is 3.64. The van der Waals surface area contributed by atoms with Gasteiger partial charge in [-0.05, 0) is 58.4 Å². The van der Waals surface area contributed by atoms with Gasteiger partial charge in [-0.25, -0.2) is 4.39 Å². The van der Waals surface area contributed by atoms with Crippen LogP contribution in [-0.2, 0) is 4.79 Å². The van der Waals surface area contributed by atoms with E-state index >= 15 is 0 Å². The number of hydrogen-bond donors (Lipinski definition) is 1. The normalized spacial score (nSPS) is 10.6. The van der Waals surface area contributed by atoms with Crippen LogP contribution in [0.15, 0.2) is 58.6 Å². The Morgan fingerprint density at radius 3 is 2.62 bits per heavy atom. The van der Waals surface area contributed by atoms with Gasteiger partial charge in [-0.1, -0.05) is 0 Å². The number of halogens is 2. The molecule has 0 unspecified atom stereocenters. The maximum absolute atomic E-state index is 14.0. The van der Waals surface area contributed by atoms with Crippen LogP contribution in [0.4, 0.5) is 10.1 Å². The first kappa shape index (κ1) is 18.3. The lowest BCUT2D eigenvalue weighted by Crippen LogP contribution is -2.34. The first-order valence-electron chi connectivity index (χ1n) is 7.67. The molecule has 2 amide bonds. The Bertz CT molecular complexity index is 940. The van der Waals surface area contributed by atoms with Gasteiger partial charge in [0.25, 0.3) is 5.91 Å². The molecule has 2 heterocycles. The van der Waals surface area contributed by atoms with Gasteiger partial charge in [-0.3, -0.25) is 9.59 Å². The van der Waals surface area contributed by atoms with Crippen LogP contribution in [0.5, 0.6) is 0 Å². The third kappa shape index (κ3) is 4.20. The van der Waals surface area contributed by atoms with E-state index in [9.17, 15) is 14.0 Å². The van der Waals surface area contributed by atoms with Crippen LogP contribution in [0.1, 0.15) is 9.67 Å². The number of thiophene rings is 1. The van der Waals surface area contributed by atoms with Crippen LogP contribution >= 0.6 is 27.3 Å². The highest BCUT2D eigenvalue weighted by molar-refractivity contribution is 9.11. The van der Waals surface area contributed by atoms with Gasteiger partial charge >= 0.3 is 0 Å². The van der Waals surface area contributed by atoms with E-state index in [1.165, 1.54) is 29.4 Å². The molecule has 134 valence electrons. The number of amides is 2. The monoisotopic (exact) mass is 435 g/mol. The van der Waals surface area contributed by atoms with Crippen LogP contribution in [0.3, 0.4) is 0 Å². The summed E-state index contributed by atoms with van der Waals surface area (Å²) in [6.07, 6.45) is 3.65. The number of aromatic nitrogens is 1. The summed E-state index contributed by atoms with van der Waals surface area (Å²) in [6, 6.07) is 11.6. The SMILES string of the molecule is CN(CC(=O)Nc1cc(-n2cccc2)ccc1F)C(=O)c1ccc(Br)s1. The molecule has 2 aromatic heterocycles. The lowest BCUT2D eigenvalue weighted by Gasteiger charge is -2.16. The minimum absolute atomic E-state index is 0.0703. The van der Waals surface area contributed by atoms with Crippen molar-refractivity contribution >= 4 is 44.8 Å². The predicted molar refractivity (Wildman–Crippen MR) is 103 cm³/mol. The molecular formula is C18H15BrFN3O2S. The van der Waals surface area contributed by atoms with Gasteiger partial charge in [0.2, 0.25) is 5.91 Å². The second-order valence-electron chi connectivity index (χ2n) is 5.57. The number of nitrogens with zero attached hydrogens (tertiary/aromatic N) is 2. The Labute approximate surface area is 162 Å². The minimum atomic E-state index is -0.537. The largest absolute Gasteiger partial charge is 0.332 e. The van der Waals surface area contributed by atoms with Crippen molar-refractivity contribution in [3.05, 3.63) is 69.3 Å². The zero-order valence-electron chi connectivity index (χ0n) is 13.8. The van der Waals surface area contributed by atoms with E-state index in [-0.39, 0.29) is 18.1 Å². The van der Waals surface area contributed by atoms with E-state index in [1.807, 2.05) is 24.5 Å². The highest BCUT2D eigenvalue weighted by atomic mass is 79.9. The summed E-state index contributed by atoms with van der Waals surface area (Å²) in [6.45, 7) is -0.179. The Morgan fingerprint density at radius 1 is 1.23 bits per heavy atom. The summed E-state index contributed by atoms with van der Waals surface area (Å²) in [5.74, 6) is -1.28. The zero-order valence-corrected chi connectivity index (χ0v) is 16.2. The summed E-state index contributed by atoms with van der Waals surface area (Å²) in [5, 5.41) is 2.53. The van der Waals surface area contributed by atoms with Gasteiger partial charge in [0.15, 0.2) is 0 Å². The van der Waals surface area contributed by atoms with E-state index in [4.69, 9.17) is 0 Å². The molecule has 0 aliphatic rings. The smallest absolute Gasteiger partial charge is 0.264 e. The van der Waals surface area contributed by atoms with E-state index in [0.29, 0.717) is 4.88 Å². The molecule has 5 nitrogen and oxygen atoms in total. The third-order valence-corrected chi connectivity index (χ3v) is 5.25. The second kappa shape index (κ2) is 7.84. The minimum Gasteiger partial charge on any atom is -0.332 e. The second-order valence-corrected chi connectivity index (χ2v) is 8.03. The van der Waals surface area contributed by atoms with Crippen molar-refractivity contribution in [2.24, 2.45) is 0 Å². The quantitative estimate of drug-likeness (QED) is 0.654. The Hall–Kier alpha value is -2.45. The molecule has 8 heteroatoms. The lowest BCUT2D eigenvalue weighted by atomic mass is 10.2. The maximum atomic E-state index is 14.0. The van der Waals surface area contributed by atoms with Crippen molar-refractivity contribution in [3.63, 3.8) is 0 Å². The predicted octanol–water partition coefficient (Wildman–Crippen LogP) is 4.15. The van der Waals surface area contributed by atoms with Crippen molar-refractivity contribution in [1.29, 1.82) is 0 Å². The number of likely N-dealkylation sites (N-methyl/N-ethyl adjacent to an activating group) is 1. The van der Waals surface area contributed by atoms with Gasteiger partial charge < -0.3 is 14.8 Å². The molecule has 0 bridgehead atoms. The number of hydrogen-bond acceptors (Lipinski definition) is 3. The van der Waals surface area contributed by atoms with E-state index in [0.717, 1.165) is 9.47 Å². The number of benzene rings is 1. The van der Waals surface area contributed by atoms with Crippen LogP contribution < -0.4 is 5.32 Å². The molecule has 3 aromatic rings. The first-order valence-corrected chi connectivity index (χ1v) is 9.28. The van der Waals surface area contributed by atoms with Gasteiger partial charge in [0.05, 0.1) is 20.9 Å². The number of nitrogens with one attached hydrogen (secondary N) is 1. The standard InChI is InChI=1S/C18H15BrFN3O2S/c1-22(18(25)15-6-7-16(19)26-15)11-17(24)21-14-10-12(4-5-13(14)20)23-8-2-3-9-23/h2-10H,11H2,1H3,(H,21,24). The van der Waals surface area contributed by atoms with E-state index < -0.39 is 11.7 Å². The number of rotatable bonds is 5. The average Bonchev–Trinajstić information content (AvgIpc) is 3.27. The highest BCUT2D eigenvalue weighted by Gasteiger charge is 2.17. The highest BCUT2D eigenvalue weighted by Crippen LogP contribution is 2.23. The fourth-order valence-electron chi connectivity index (χ4n) is 2.37. The molecule has 0 fully saturated rings. The average molecular weight is 436 g/mol. The summed E-state index contributed by atoms with van der Waals surface area (Å²) in [5.41, 5.74) is 0.792. The van der Waals surface area contributed by atoms with Crippen molar-refractivity contribution < 1.29 is 14.0 Å². The van der Waals surface area contributed by atoms with Crippen molar-refractivity contribution in [2.75, 3.05) is 18.9 Å². The molecule has 0 aliphatic carbocycles. The van der Waals surface area contributed by atoms with Crippen molar-refractivity contribution in [1.82, 2.24) is 9.47 Å². The van der Waals surface area contributed by atoms with Gasteiger partial charge in [-0.2, -0.15) is 0 Å². The fraction of sp³-hybridized carbons (Fsp3) is 0.111. The molecular weight excluding hydrogens is 421 g/mol. The summed E-state index contributed by atoms with van der Waals surface area (Å²) >= 11 is 4.59. The summed E-state index contributed by atoms with van der Waals surface area (Å²) in [7, 11) is 1.53. The molecule has 0 saturated heterocycles. The number of carbonyl (C=O) groups excluding carboxylic acids is 2. The Kier molecular flexibility index (Phi) is 5.53. The number of anilines is 1. The molecule has 0 atom stereocenters. The topological polar surface area (TPSA) is 54.3 Å². The fourth-order valence-corrected chi connectivity index (χ4v) is 3.75. The van der Waals surface area contributed by atoms with Crippen LogP contribution in [0, 0.1) is 5.82 Å². The summed E-state index contributed by atoms with van der Waals surface area (Å²) in [4.78, 5) is 26.3. The first-order chi connectivity index (χ1) is 12.4. The molecule has 1 aromatic carbocycles. The Morgan fingerprint density at radius 2 is 1.96 bits per heavy atom. The molecule has 0 spiro atoms. The van der Waals surface area contributed by atoms with Gasteiger partial charge in [0, 0.05) is 25.1 Å². The molecule has 26 heavy (non-hydrogen) atoms. The van der Waals surface area contributed by atoms with Crippen LogP contribution in [-0.4, -0.2) is 34.9 Å². The zero-order chi connectivity index (χ0) is 18.7. The Balaban J connectivity index is 1.68. The number of carbonyl (C=O) groups is 2. The molecule has 1 N–H and O–H groups in total. The van der Waals surface area contributed by atoms with Crippen LogP contribution in [0.25, 0.3) is 5.69 Å². The molecule has 0 aliphatic heterocycles. The van der Waals surface area contributed by atoms with Gasteiger partial charge in [-0.15, -0.1) is 11.3 Å². The summed E-state index contributed by atoms with van der Waals surface area (Å²) < 4.78 is 16.7. The molecule has 0 radical (unpaired) electrons. The molecule has 3 rings (SSSR count). The van der Waals surface area contributed by atoms with Crippen molar-refractivity contribution in [3.8, 4) is 5.69 Å². The van der Waals surface area contributed by atoms with E-state index in [2.05, 4.69) is 21.2 Å². The maximum Gasteiger partial charge on any atom is 0.264 e. The van der Waals surface area contributed by atoms with Gasteiger partial charge in [0.1, 0.15) is 5.82 Å². The van der Waals surface area contributed by atoms with E-state index in [1.54, 1.807) is 28.8 Å². The molecule has 0 saturated carbocycles.